The Morgan fingerprint density at radius 3 is 2.85 bits per heavy atom. The van der Waals surface area contributed by atoms with Gasteiger partial charge in [-0.05, 0) is 24.5 Å². The lowest BCUT2D eigenvalue weighted by atomic mass is 10.1. The lowest BCUT2D eigenvalue weighted by Crippen LogP contribution is -2.20. The first kappa shape index (κ1) is 16.3. The van der Waals surface area contributed by atoms with Crippen LogP contribution < -0.4 is 15.8 Å². The van der Waals surface area contributed by atoms with Crippen molar-refractivity contribution >= 4 is 17.3 Å². The summed E-state index contributed by atoms with van der Waals surface area (Å²) in [5.41, 5.74) is 6.84. The lowest BCUT2D eigenvalue weighted by Gasteiger charge is -2.12. The molecule has 3 N–H and O–H groups in total. The van der Waals surface area contributed by atoms with Crippen LogP contribution in [0.25, 0.3) is 0 Å². The van der Waals surface area contributed by atoms with Crippen LogP contribution in [0, 0.1) is 5.92 Å². The van der Waals surface area contributed by atoms with Gasteiger partial charge in [-0.3, -0.25) is 4.79 Å². The topological polar surface area (TPSA) is 73.6 Å². The molecule has 0 aromatic heterocycles. The zero-order valence-electron chi connectivity index (χ0n) is 12.4. The molecule has 112 valence electrons. The number of methoxy groups -OCH3 is 1. The number of rotatable bonds is 8. The average molecular weight is 280 g/mol. The number of hydrogen-bond donors (Lipinski definition) is 2. The first-order chi connectivity index (χ1) is 9.56. The van der Waals surface area contributed by atoms with E-state index in [2.05, 4.69) is 19.2 Å². The second kappa shape index (κ2) is 8.43. The fraction of sp³-hybridized carbons (Fsp3) is 0.533. The molecular weight excluding hydrogens is 256 g/mol. The third kappa shape index (κ3) is 5.48. The molecule has 1 atom stereocenters. The van der Waals surface area contributed by atoms with E-state index in [4.69, 9.17) is 15.2 Å². The molecule has 5 heteroatoms. The number of hydrogen-bond acceptors (Lipinski definition) is 4. The second-order valence-corrected chi connectivity index (χ2v) is 4.92. The molecule has 0 spiro atoms. The first-order valence-corrected chi connectivity index (χ1v) is 6.88. The van der Waals surface area contributed by atoms with Crippen molar-refractivity contribution in [1.82, 2.24) is 0 Å². The maximum Gasteiger partial charge on any atom is 0.250 e. The molecule has 0 bridgehead atoms. The van der Waals surface area contributed by atoms with Crippen LogP contribution in [-0.4, -0.2) is 26.2 Å². The molecule has 20 heavy (non-hydrogen) atoms. The molecule has 1 unspecified atom stereocenters. The molecule has 0 saturated carbocycles. The summed E-state index contributed by atoms with van der Waals surface area (Å²) in [7, 11) is 1.54. The monoisotopic (exact) mass is 280 g/mol. The number of anilines is 2. The van der Waals surface area contributed by atoms with E-state index in [1.54, 1.807) is 18.2 Å². The maximum atomic E-state index is 11.8. The Morgan fingerprint density at radius 1 is 1.45 bits per heavy atom. The van der Waals surface area contributed by atoms with E-state index in [0.717, 1.165) is 12.8 Å². The number of nitrogen functional groups attached to an aromatic ring is 1. The Kier molecular flexibility index (Phi) is 6.87. The molecule has 0 fully saturated rings. The highest BCUT2D eigenvalue weighted by atomic mass is 16.5. The van der Waals surface area contributed by atoms with Gasteiger partial charge < -0.3 is 20.5 Å². The van der Waals surface area contributed by atoms with Crippen LogP contribution in [0.3, 0.4) is 0 Å². The first-order valence-electron chi connectivity index (χ1n) is 6.88. The predicted molar refractivity (Wildman–Crippen MR) is 80.9 cm³/mol. The van der Waals surface area contributed by atoms with E-state index < -0.39 is 0 Å². The number of ether oxygens (including phenoxy) is 2. The minimum absolute atomic E-state index is 0.0432. The molecule has 0 aliphatic carbocycles. The molecule has 0 aliphatic heterocycles. The van der Waals surface area contributed by atoms with Crippen molar-refractivity contribution < 1.29 is 14.3 Å². The van der Waals surface area contributed by atoms with Gasteiger partial charge in [0.1, 0.15) is 12.4 Å². The van der Waals surface area contributed by atoms with E-state index in [0.29, 0.717) is 29.6 Å². The summed E-state index contributed by atoms with van der Waals surface area (Å²) in [5.74, 6) is 0.813. The van der Waals surface area contributed by atoms with Crippen molar-refractivity contribution in [3.05, 3.63) is 18.2 Å². The average Bonchev–Trinajstić information content (AvgIpc) is 2.41. The summed E-state index contributed by atoms with van der Waals surface area (Å²) in [6.07, 6.45) is 2.23. The predicted octanol–water partition coefficient (Wildman–Crippen LogP) is 2.67. The highest BCUT2D eigenvalue weighted by Gasteiger charge is 2.09. The molecule has 0 radical (unpaired) electrons. The van der Waals surface area contributed by atoms with Gasteiger partial charge in [-0.25, -0.2) is 0 Å². The number of nitrogens with two attached hydrogens (primary N) is 1. The smallest absolute Gasteiger partial charge is 0.250 e. The molecular formula is C15H24N2O3. The van der Waals surface area contributed by atoms with Crippen molar-refractivity contribution in [2.45, 2.75) is 26.7 Å². The van der Waals surface area contributed by atoms with Crippen LogP contribution in [0.2, 0.25) is 0 Å². The fourth-order valence-electron chi connectivity index (χ4n) is 1.93. The van der Waals surface area contributed by atoms with Gasteiger partial charge in [0.05, 0.1) is 12.8 Å². The summed E-state index contributed by atoms with van der Waals surface area (Å²) >= 11 is 0. The van der Waals surface area contributed by atoms with E-state index in [1.165, 1.54) is 7.11 Å². The van der Waals surface area contributed by atoms with E-state index in [-0.39, 0.29) is 12.5 Å². The molecule has 1 aromatic rings. The maximum absolute atomic E-state index is 11.8. The van der Waals surface area contributed by atoms with Gasteiger partial charge in [0.2, 0.25) is 5.91 Å². The van der Waals surface area contributed by atoms with Gasteiger partial charge in [0, 0.05) is 18.4 Å². The van der Waals surface area contributed by atoms with Crippen LogP contribution in [0.4, 0.5) is 11.4 Å². The number of benzene rings is 1. The van der Waals surface area contributed by atoms with Crippen LogP contribution in [0.1, 0.15) is 26.7 Å². The molecule has 0 saturated heterocycles. The zero-order chi connectivity index (χ0) is 15.0. The summed E-state index contributed by atoms with van der Waals surface area (Å²) < 4.78 is 10.6. The van der Waals surface area contributed by atoms with Crippen LogP contribution >= 0.6 is 0 Å². The van der Waals surface area contributed by atoms with E-state index >= 15 is 0 Å². The number of carbonyl (C=O) groups excluding carboxylic acids is 1. The van der Waals surface area contributed by atoms with Crippen LogP contribution in [0.15, 0.2) is 18.2 Å². The molecule has 1 rings (SSSR count). The molecule has 1 amide bonds. The largest absolute Gasteiger partial charge is 0.494 e. The summed E-state index contributed by atoms with van der Waals surface area (Å²) in [5, 5.41) is 2.75. The minimum Gasteiger partial charge on any atom is -0.494 e. The van der Waals surface area contributed by atoms with E-state index in [9.17, 15) is 4.79 Å². The number of carbonyl (C=O) groups is 1. The lowest BCUT2D eigenvalue weighted by molar-refractivity contribution is -0.121. The van der Waals surface area contributed by atoms with Crippen molar-refractivity contribution in [2.75, 3.05) is 31.4 Å². The Bertz CT molecular complexity index is 435. The highest BCUT2D eigenvalue weighted by Crippen LogP contribution is 2.26. The Hall–Kier alpha value is -1.75. The number of amides is 1. The van der Waals surface area contributed by atoms with Gasteiger partial charge in [-0.1, -0.05) is 20.3 Å². The molecule has 5 nitrogen and oxygen atoms in total. The van der Waals surface area contributed by atoms with Crippen molar-refractivity contribution in [3.8, 4) is 5.75 Å². The van der Waals surface area contributed by atoms with Crippen molar-refractivity contribution in [3.63, 3.8) is 0 Å². The summed E-state index contributed by atoms with van der Waals surface area (Å²) in [4.78, 5) is 11.8. The van der Waals surface area contributed by atoms with Crippen molar-refractivity contribution in [2.24, 2.45) is 5.92 Å². The summed E-state index contributed by atoms with van der Waals surface area (Å²) in [6, 6.07) is 5.09. The third-order valence-electron chi connectivity index (χ3n) is 2.92. The zero-order valence-corrected chi connectivity index (χ0v) is 12.4. The van der Waals surface area contributed by atoms with Gasteiger partial charge in [-0.15, -0.1) is 0 Å². The Balaban J connectivity index is 2.42. The number of nitrogens with one attached hydrogen (secondary N) is 1. The minimum atomic E-state index is -0.197. The molecule has 0 heterocycles. The summed E-state index contributed by atoms with van der Waals surface area (Å²) in [6.45, 7) is 4.89. The van der Waals surface area contributed by atoms with E-state index in [1.807, 2.05) is 0 Å². The normalized spacial score (nSPS) is 11.9. The quantitative estimate of drug-likeness (QED) is 0.718. The fourth-order valence-corrected chi connectivity index (χ4v) is 1.93. The van der Waals surface area contributed by atoms with Crippen molar-refractivity contribution in [1.29, 1.82) is 0 Å². The molecule has 0 aliphatic rings. The van der Waals surface area contributed by atoms with Gasteiger partial charge in [-0.2, -0.15) is 0 Å². The van der Waals surface area contributed by atoms with Crippen LogP contribution in [0.5, 0.6) is 5.75 Å². The Morgan fingerprint density at radius 2 is 2.20 bits per heavy atom. The second-order valence-electron chi connectivity index (χ2n) is 4.92. The Labute approximate surface area is 120 Å². The SMILES string of the molecule is CCCC(C)COCC(=O)Nc1ccc(N)cc1OC. The van der Waals surface area contributed by atoms with Crippen LogP contribution in [-0.2, 0) is 9.53 Å². The van der Waals surface area contributed by atoms with Gasteiger partial charge in [0.25, 0.3) is 0 Å². The third-order valence-corrected chi connectivity index (χ3v) is 2.92. The van der Waals surface area contributed by atoms with Gasteiger partial charge in [0.15, 0.2) is 0 Å². The standard InChI is InChI=1S/C15H24N2O3/c1-4-5-11(2)9-20-10-15(18)17-13-7-6-12(16)8-14(13)19-3/h6-8,11H,4-5,9-10,16H2,1-3H3,(H,17,18). The molecule has 1 aromatic carbocycles. The van der Waals surface area contributed by atoms with Gasteiger partial charge >= 0.3 is 0 Å². The highest BCUT2D eigenvalue weighted by molar-refractivity contribution is 5.93.